The number of benzene rings is 2. The summed E-state index contributed by atoms with van der Waals surface area (Å²) in [5, 5.41) is 3.06. The van der Waals surface area contributed by atoms with Gasteiger partial charge in [-0.25, -0.2) is 0 Å². The van der Waals surface area contributed by atoms with Gasteiger partial charge in [0.05, 0.1) is 0 Å². The Morgan fingerprint density at radius 1 is 1.03 bits per heavy atom. The number of aryl methyl sites for hydroxylation is 2. The Hall–Kier alpha value is -3.02. The molecule has 2 atom stereocenters. The first kappa shape index (κ1) is 24.6. The van der Waals surface area contributed by atoms with Gasteiger partial charge in [-0.2, -0.15) is 0 Å². The van der Waals surface area contributed by atoms with Gasteiger partial charge < -0.3 is 19.7 Å². The highest BCUT2D eigenvalue weighted by molar-refractivity contribution is 5.88. The SMILES string of the molecule is CCC(C)NC(=O)C(CC)N(Cc1ccccc1C)C(=O)CCc1ccc2c(c1)OCCO2. The number of hydrogen-bond donors (Lipinski definition) is 1. The van der Waals surface area contributed by atoms with Crippen LogP contribution >= 0.6 is 0 Å². The largest absolute Gasteiger partial charge is 0.486 e. The first-order chi connectivity index (χ1) is 15.9. The third kappa shape index (κ3) is 6.50. The number of carbonyl (C=O) groups excluding carboxylic acids is 2. The minimum absolute atomic E-state index is 0.0284. The van der Waals surface area contributed by atoms with Crippen LogP contribution in [0.5, 0.6) is 11.5 Å². The van der Waals surface area contributed by atoms with Crippen molar-refractivity contribution in [2.45, 2.75) is 72.0 Å². The van der Waals surface area contributed by atoms with E-state index in [0.29, 0.717) is 39.0 Å². The highest BCUT2D eigenvalue weighted by Crippen LogP contribution is 2.31. The summed E-state index contributed by atoms with van der Waals surface area (Å²) in [4.78, 5) is 28.3. The molecular formula is C27H36N2O4. The summed E-state index contributed by atoms with van der Waals surface area (Å²) in [6, 6.07) is 13.4. The predicted molar refractivity (Wildman–Crippen MR) is 129 cm³/mol. The molecule has 0 bridgehead atoms. The van der Waals surface area contributed by atoms with Crippen LogP contribution in [0.2, 0.25) is 0 Å². The van der Waals surface area contributed by atoms with Crippen LogP contribution in [0.25, 0.3) is 0 Å². The molecule has 1 N–H and O–H groups in total. The summed E-state index contributed by atoms with van der Waals surface area (Å²) in [7, 11) is 0. The molecule has 1 heterocycles. The van der Waals surface area contributed by atoms with Crippen molar-refractivity contribution in [2.24, 2.45) is 0 Å². The molecule has 0 aromatic heterocycles. The van der Waals surface area contributed by atoms with Crippen molar-refractivity contribution in [3.05, 3.63) is 59.2 Å². The first-order valence-electron chi connectivity index (χ1n) is 12.0. The van der Waals surface area contributed by atoms with Crippen LogP contribution in [0.4, 0.5) is 0 Å². The predicted octanol–water partition coefficient (Wildman–Crippen LogP) is 4.42. The van der Waals surface area contributed by atoms with E-state index >= 15 is 0 Å². The fraction of sp³-hybridized carbons (Fsp3) is 0.481. The molecule has 1 aliphatic heterocycles. The van der Waals surface area contributed by atoms with Gasteiger partial charge in [0, 0.05) is 19.0 Å². The Morgan fingerprint density at radius 2 is 1.76 bits per heavy atom. The lowest BCUT2D eigenvalue weighted by Gasteiger charge is -2.32. The van der Waals surface area contributed by atoms with Gasteiger partial charge in [-0.15, -0.1) is 0 Å². The molecule has 2 amide bonds. The van der Waals surface area contributed by atoms with E-state index in [9.17, 15) is 9.59 Å². The van der Waals surface area contributed by atoms with Crippen molar-refractivity contribution in [3.63, 3.8) is 0 Å². The molecule has 0 spiro atoms. The lowest BCUT2D eigenvalue weighted by Crippen LogP contribution is -2.50. The van der Waals surface area contributed by atoms with Gasteiger partial charge in [0.1, 0.15) is 19.3 Å². The number of ether oxygens (including phenoxy) is 2. The molecule has 0 radical (unpaired) electrons. The molecule has 3 rings (SSSR count). The van der Waals surface area contributed by atoms with Crippen molar-refractivity contribution >= 4 is 11.8 Å². The third-order valence-electron chi connectivity index (χ3n) is 6.22. The van der Waals surface area contributed by atoms with E-state index in [1.807, 2.05) is 70.2 Å². The molecule has 2 aromatic rings. The van der Waals surface area contributed by atoms with Crippen LogP contribution in [0.3, 0.4) is 0 Å². The summed E-state index contributed by atoms with van der Waals surface area (Å²) in [5.74, 6) is 1.35. The number of fused-ring (bicyclic) bond motifs is 1. The maximum Gasteiger partial charge on any atom is 0.243 e. The van der Waals surface area contributed by atoms with E-state index < -0.39 is 6.04 Å². The van der Waals surface area contributed by atoms with Gasteiger partial charge in [-0.1, -0.05) is 44.2 Å². The highest BCUT2D eigenvalue weighted by Gasteiger charge is 2.29. The normalized spacial score (nSPS) is 14.3. The Labute approximate surface area is 197 Å². The van der Waals surface area contributed by atoms with Crippen LogP contribution in [0, 0.1) is 6.92 Å². The zero-order valence-electron chi connectivity index (χ0n) is 20.2. The van der Waals surface area contributed by atoms with Crippen LogP contribution in [-0.2, 0) is 22.6 Å². The van der Waals surface area contributed by atoms with Gasteiger partial charge in [-0.3, -0.25) is 9.59 Å². The summed E-state index contributed by atoms with van der Waals surface area (Å²) in [6.07, 6.45) is 2.30. The number of hydrogen-bond acceptors (Lipinski definition) is 4. The average Bonchev–Trinajstić information content (AvgIpc) is 2.83. The Morgan fingerprint density at radius 3 is 2.45 bits per heavy atom. The van der Waals surface area contributed by atoms with Crippen LogP contribution in [0.15, 0.2) is 42.5 Å². The van der Waals surface area contributed by atoms with E-state index in [1.165, 1.54) is 0 Å². The Balaban J connectivity index is 1.77. The fourth-order valence-corrected chi connectivity index (χ4v) is 3.97. The van der Waals surface area contributed by atoms with Gasteiger partial charge in [0.25, 0.3) is 0 Å². The van der Waals surface area contributed by atoms with Crippen molar-refractivity contribution in [1.82, 2.24) is 10.2 Å². The minimum atomic E-state index is -0.508. The molecule has 0 saturated carbocycles. The van der Waals surface area contributed by atoms with E-state index in [2.05, 4.69) is 5.32 Å². The van der Waals surface area contributed by atoms with Crippen molar-refractivity contribution in [3.8, 4) is 11.5 Å². The lowest BCUT2D eigenvalue weighted by atomic mass is 10.0. The van der Waals surface area contributed by atoms with E-state index in [-0.39, 0.29) is 17.9 Å². The van der Waals surface area contributed by atoms with Gasteiger partial charge >= 0.3 is 0 Å². The molecule has 2 unspecified atom stereocenters. The summed E-state index contributed by atoms with van der Waals surface area (Å²) >= 11 is 0. The maximum absolute atomic E-state index is 13.5. The quantitative estimate of drug-likeness (QED) is 0.579. The first-order valence-corrected chi connectivity index (χ1v) is 12.0. The smallest absolute Gasteiger partial charge is 0.243 e. The number of nitrogens with one attached hydrogen (secondary N) is 1. The molecule has 6 heteroatoms. The standard InChI is InChI=1S/C27H36N2O4/c1-5-20(4)28-27(31)23(6-2)29(18-22-10-8-7-9-19(22)3)26(30)14-12-21-11-13-24-25(17-21)33-16-15-32-24/h7-11,13,17,20,23H,5-6,12,14-16,18H2,1-4H3,(H,28,31). The molecule has 0 fully saturated rings. The second-order valence-corrected chi connectivity index (χ2v) is 8.67. The van der Waals surface area contributed by atoms with E-state index in [1.54, 1.807) is 4.90 Å². The molecular weight excluding hydrogens is 416 g/mol. The molecule has 2 aromatic carbocycles. The molecule has 0 aliphatic carbocycles. The lowest BCUT2D eigenvalue weighted by molar-refractivity contribution is -0.141. The zero-order chi connectivity index (χ0) is 23.8. The Kier molecular flexibility index (Phi) is 8.75. The number of carbonyl (C=O) groups is 2. The van der Waals surface area contributed by atoms with E-state index in [0.717, 1.165) is 34.6 Å². The van der Waals surface area contributed by atoms with Crippen molar-refractivity contribution in [2.75, 3.05) is 13.2 Å². The third-order valence-corrected chi connectivity index (χ3v) is 6.22. The molecule has 1 aliphatic rings. The van der Waals surface area contributed by atoms with Crippen LogP contribution < -0.4 is 14.8 Å². The molecule has 33 heavy (non-hydrogen) atoms. The average molecular weight is 453 g/mol. The van der Waals surface area contributed by atoms with Gasteiger partial charge in [0.2, 0.25) is 11.8 Å². The zero-order valence-corrected chi connectivity index (χ0v) is 20.2. The van der Waals surface area contributed by atoms with Crippen LogP contribution in [0.1, 0.15) is 56.7 Å². The summed E-state index contributed by atoms with van der Waals surface area (Å²) in [6.45, 7) is 9.51. The van der Waals surface area contributed by atoms with E-state index in [4.69, 9.17) is 9.47 Å². The second kappa shape index (κ2) is 11.7. The number of amides is 2. The van der Waals surface area contributed by atoms with Gasteiger partial charge in [-0.05, 0) is 61.9 Å². The van der Waals surface area contributed by atoms with Crippen LogP contribution in [-0.4, -0.2) is 42.0 Å². The molecule has 6 nitrogen and oxygen atoms in total. The number of rotatable bonds is 10. The maximum atomic E-state index is 13.5. The number of nitrogens with zero attached hydrogens (tertiary/aromatic N) is 1. The second-order valence-electron chi connectivity index (χ2n) is 8.67. The summed E-state index contributed by atoms with van der Waals surface area (Å²) < 4.78 is 11.3. The Bertz CT molecular complexity index is 959. The van der Waals surface area contributed by atoms with Crippen molar-refractivity contribution < 1.29 is 19.1 Å². The summed E-state index contributed by atoms with van der Waals surface area (Å²) in [5.41, 5.74) is 3.18. The fourth-order valence-electron chi connectivity index (χ4n) is 3.97. The minimum Gasteiger partial charge on any atom is -0.486 e. The highest BCUT2D eigenvalue weighted by atomic mass is 16.6. The topological polar surface area (TPSA) is 67.9 Å². The molecule has 0 saturated heterocycles. The van der Waals surface area contributed by atoms with Crippen molar-refractivity contribution in [1.29, 1.82) is 0 Å². The van der Waals surface area contributed by atoms with Gasteiger partial charge in [0.15, 0.2) is 11.5 Å². The molecule has 178 valence electrons. The monoisotopic (exact) mass is 452 g/mol.